The molecule has 0 heterocycles. The predicted octanol–water partition coefficient (Wildman–Crippen LogP) is 2.22. The Morgan fingerprint density at radius 2 is 1.74 bits per heavy atom. The van der Waals surface area contributed by atoms with Crippen LogP contribution in [0.5, 0.6) is 0 Å². The quantitative estimate of drug-likeness (QED) is 0.827. The summed E-state index contributed by atoms with van der Waals surface area (Å²) in [5.74, 6) is -0.629. The van der Waals surface area contributed by atoms with Crippen molar-refractivity contribution in [3.8, 4) is 0 Å². The van der Waals surface area contributed by atoms with Crippen LogP contribution in [0.1, 0.15) is 31.9 Å². The summed E-state index contributed by atoms with van der Waals surface area (Å²) in [5, 5.41) is 11.7. The minimum absolute atomic E-state index is 0.000119. The fourth-order valence-corrected chi connectivity index (χ4v) is 1.71. The summed E-state index contributed by atoms with van der Waals surface area (Å²) >= 11 is 0. The number of aliphatic carboxylic acids is 1. The molecule has 0 aromatic heterocycles. The molecule has 19 heavy (non-hydrogen) atoms. The fourth-order valence-electron chi connectivity index (χ4n) is 1.71. The first-order valence-corrected chi connectivity index (χ1v) is 6.48. The number of carboxylic acids is 1. The molecule has 0 bridgehead atoms. The van der Waals surface area contributed by atoms with Gasteiger partial charge in [0.25, 0.3) is 0 Å². The second kappa shape index (κ2) is 6.92. The topological polar surface area (TPSA) is 66.4 Å². The van der Waals surface area contributed by atoms with E-state index in [0.29, 0.717) is 6.54 Å². The molecule has 4 nitrogen and oxygen atoms in total. The normalized spacial score (nSPS) is 12.2. The van der Waals surface area contributed by atoms with Gasteiger partial charge in [0.15, 0.2) is 0 Å². The molecule has 0 aliphatic carbocycles. The third-order valence-electron chi connectivity index (χ3n) is 3.33. The van der Waals surface area contributed by atoms with E-state index in [0.717, 1.165) is 11.1 Å². The van der Waals surface area contributed by atoms with Crippen molar-refractivity contribution < 1.29 is 14.7 Å². The lowest BCUT2D eigenvalue weighted by Crippen LogP contribution is -2.31. The number of carbonyl (C=O) groups excluding carboxylic acids is 1. The molecule has 0 aliphatic heterocycles. The summed E-state index contributed by atoms with van der Waals surface area (Å²) in [7, 11) is 0. The van der Waals surface area contributed by atoms with Crippen LogP contribution in [-0.2, 0) is 22.6 Å². The molecule has 0 saturated heterocycles. The maximum Gasteiger partial charge on any atom is 0.307 e. The molecule has 0 radical (unpaired) electrons. The van der Waals surface area contributed by atoms with E-state index in [1.54, 1.807) is 12.1 Å². The van der Waals surface area contributed by atoms with E-state index in [-0.39, 0.29) is 24.2 Å². The van der Waals surface area contributed by atoms with Gasteiger partial charge in [0.2, 0.25) is 5.91 Å². The van der Waals surface area contributed by atoms with Gasteiger partial charge in [0, 0.05) is 12.5 Å². The zero-order chi connectivity index (χ0) is 14.4. The van der Waals surface area contributed by atoms with Crippen LogP contribution in [0, 0.1) is 11.8 Å². The third kappa shape index (κ3) is 4.73. The Hall–Kier alpha value is -1.84. The highest BCUT2D eigenvalue weighted by molar-refractivity contribution is 5.78. The Balaban J connectivity index is 2.67. The van der Waals surface area contributed by atoms with Crippen molar-refractivity contribution in [3.05, 3.63) is 35.4 Å². The first-order valence-electron chi connectivity index (χ1n) is 6.48. The molecule has 4 heteroatoms. The largest absolute Gasteiger partial charge is 0.481 e. The highest BCUT2D eigenvalue weighted by atomic mass is 16.4. The summed E-state index contributed by atoms with van der Waals surface area (Å²) < 4.78 is 0. The second-order valence-corrected chi connectivity index (χ2v) is 5.09. The number of rotatable bonds is 6. The standard InChI is InChI=1S/C15H21NO3/c1-10(2)11(3)15(19)16-9-13-7-5-4-6-12(13)8-14(17)18/h4-7,10-11H,8-9H2,1-3H3,(H,16,19)(H,17,18). The van der Waals surface area contributed by atoms with Crippen LogP contribution >= 0.6 is 0 Å². The number of nitrogens with one attached hydrogen (secondary N) is 1. The average molecular weight is 263 g/mol. The van der Waals surface area contributed by atoms with Crippen LogP contribution < -0.4 is 5.32 Å². The van der Waals surface area contributed by atoms with E-state index in [1.165, 1.54) is 0 Å². The van der Waals surface area contributed by atoms with E-state index in [2.05, 4.69) is 5.32 Å². The number of hydrogen-bond acceptors (Lipinski definition) is 2. The molecule has 1 atom stereocenters. The Labute approximate surface area is 113 Å². The molecule has 2 N–H and O–H groups in total. The monoisotopic (exact) mass is 263 g/mol. The van der Waals surface area contributed by atoms with Gasteiger partial charge in [-0.2, -0.15) is 0 Å². The predicted molar refractivity (Wildman–Crippen MR) is 73.6 cm³/mol. The van der Waals surface area contributed by atoms with E-state index < -0.39 is 5.97 Å². The van der Waals surface area contributed by atoms with E-state index in [1.807, 2.05) is 32.9 Å². The van der Waals surface area contributed by atoms with E-state index in [4.69, 9.17) is 5.11 Å². The number of amides is 1. The maximum absolute atomic E-state index is 11.9. The highest BCUT2D eigenvalue weighted by Gasteiger charge is 2.16. The van der Waals surface area contributed by atoms with Crippen molar-refractivity contribution in [2.45, 2.75) is 33.7 Å². The maximum atomic E-state index is 11.9. The summed E-state index contributed by atoms with van der Waals surface area (Å²) in [4.78, 5) is 22.6. The van der Waals surface area contributed by atoms with Crippen molar-refractivity contribution in [2.24, 2.45) is 11.8 Å². The van der Waals surface area contributed by atoms with Gasteiger partial charge >= 0.3 is 5.97 Å². The number of hydrogen-bond donors (Lipinski definition) is 2. The zero-order valence-electron chi connectivity index (χ0n) is 11.6. The summed E-state index contributed by atoms with van der Waals surface area (Å²) in [6.45, 7) is 6.27. The molecule has 1 aromatic rings. The lowest BCUT2D eigenvalue weighted by molar-refractivity contribution is -0.136. The van der Waals surface area contributed by atoms with Crippen LogP contribution in [-0.4, -0.2) is 17.0 Å². The van der Waals surface area contributed by atoms with Crippen LogP contribution in [0.2, 0.25) is 0 Å². The van der Waals surface area contributed by atoms with Crippen molar-refractivity contribution >= 4 is 11.9 Å². The summed E-state index contributed by atoms with van der Waals surface area (Å²) in [6.07, 6.45) is -0.0220. The Morgan fingerprint density at radius 3 is 2.26 bits per heavy atom. The van der Waals surface area contributed by atoms with Gasteiger partial charge in [-0.1, -0.05) is 45.0 Å². The van der Waals surface area contributed by atoms with Gasteiger partial charge in [0.05, 0.1) is 6.42 Å². The van der Waals surface area contributed by atoms with Gasteiger partial charge in [-0.25, -0.2) is 0 Å². The second-order valence-electron chi connectivity index (χ2n) is 5.09. The minimum atomic E-state index is -0.866. The van der Waals surface area contributed by atoms with Gasteiger partial charge in [-0.15, -0.1) is 0 Å². The molecular formula is C15H21NO3. The third-order valence-corrected chi connectivity index (χ3v) is 3.33. The highest BCUT2D eigenvalue weighted by Crippen LogP contribution is 2.12. The molecule has 0 saturated carbocycles. The van der Waals surface area contributed by atoms with Gasteiger partial charge in [-0.3, -0.25) is 9.59 Å². The summed E-state index contributed by atoms with van der Waals surface area (Å²) in [6, 6.07) is 7.28. The van der Waals surface area contributed by atoms with Crippen molar-refractivity contribution in [1.82, 2.24) is 5.32 Å². The zero-order valence-corrected chi connectivity index (χ0v) is 11.6. The van der Waals surface area contributed by atoms with E-state index >= 15 is 0 Å². The van der Waals surface area contributed by atoms with Gasteiger partial charge in [0.1, 0.15) is 0 Å². The molecule has 0 spiro atoms. The Kier molecular flexibility index (Phi) is 5.55. The first-order chi connectivity index (χ1) is 8.91. The SMILES string of the molecule is CC(C)C(C)C(=O)NCc1ccccc1CC(=O)O. The fraction of sp³-hybridized carbons (Fsp3) is 0.467. The lowest BCUT2D eigenvalue weighted by Gasteiger charge is -2.16. The summed E-state index contributed by atoms with van der Waals surface area (Å²) in [5.41, 5.74) is 1.60. The number of benzene rings is 1. The molecule has 1 amide bonds. The number of carboxylic acid groups (broad SMARTS) is 1. The van der Waals surface area contributed by atoms with E-state index in [9.17, 15) is 9.59 Å². The van der Waals surface area contributed by atoms with Crippen LogP contribution in [0.15, 0.2) is 24.3 Å². The van der Waals surface area contributed by atoms with Crippen molar-refractivity contribution in [3.63, 3.8) is 0 Å². The first kappa shape index (κ1) is 15.2. The lowest BCUT2D eigenvalue weighted by atomic mass is 9.97. The average Bonchev–Trinajstić information content (AvgIpc) is 2.35. The van der Waals surface area contributed by atoms with Crippen LogP contribution in [0.4, 0.5) is 0 Å². The van der Waals surface area contributed by atoms with Gasteiger partial charge in [-0.05, 0) is 17.0 Å². The minimum Gasteiger partial charge on any atom is -0.481 e. The van der Waals surface area contributed by atoms with Crippen molar-refractivity contribution in [1.29, 1.82) is 0 Å². The van der Waals surface area contributed by atoms with Crippen molar-refractivity contribution in [2.75, 3.05) is 0 Å². The number of carbonyl (C=O) groups is 2. The Morgan fingerprint density at radius 1 is 1.16 bits per heavy atom. The molecule has 0 aliphatic rings. The molecule has 1 aromatic carbocycles. The Bertz CT molecular complexity index is 454. The van der Waals surface area contributed by atoms with Gasteiger partial charge < -0.3 is 10.4 Å². The molecule has 104 valence electrons. The molecule has 0 fully saturated rings. The van der Waals surface area contributed by atoms with Crippen LogP contribution in [0.25, 0.3) is 0 Å². The molecule has 1 unspecified atom stereocenters. The molecular weight excluding hydrogens is 242 g/mol. The molecule has 1 rings (SSSR count). The van der Waals surface area contributed by atoms with Crippen LogP contribution in [0.3, 0.4) is 0 Å². The smallest absolute Gasteiger partial charge is 0.307 e.